The Labute approximate surface area is 140 Å². The molecule has 0 fully saturated rings. The van der Waals surface area contributed by atoms with E-state index in [2.05, 4.69) is 46.7 Å². The van der Waals surface area contributed by atoms with Crippen molar-refractivity contribution in [3.05, 3.63) is 14.7 Å². The van der Waals surface area contributed by atoms with Gasteiger partial charge < -0.3 is 5.32 Å². The molecule has 0 aliphatic rings. The molecule has 1 rings (SSSR count). The third-order valence-electron chi connectivity index (χ3n) is 3.52. The second-order valence-electron chi connectivity index (χ2n) is 5.68. The lowest BCUT2D eigenvalue weighted by molar-refractivity contribution is 0.434. The topological polar surface area (TPSA) is 58.2 Å². The summed E-state index contributed by atoms with van der Waals surface area (Å²) in [7, 11) is -3.48. The van der Waals surface area contributed by atoms with Crippen LogP contribution in [-0.2, 0) is 16.6 Å². The maximum absolute atomic E-state index is 12.5. The number of hydrogen-bond donors (Lipinski definition) is 2. The molecule has 0 saturated carbocycles. The molecule has 2 unspecified atom stereocenters. The molecule has 0 aromatic carbocycles. The van der Waals surface area contributed by atoms with E-state index in [0.29, 0.717) is 27.2 Å². The lowest BCUT2D eigenvalue weighted by Crippen LogP contribution is -2.36. The Bertz CT molecular complexity index is 555. The first-order valence-electron chi connectivity index (χ1n) is 7.21. The molecule has 7 heteroatoms. The fourth-order valence-corrected chi connectivity index (χ4v) is 5.74. The van der Waals surface area contributed by atoms with Gasteiger partial charge in [-0.25, -0.2) is 13.1 Å². The number of hydrogen-bond acceptors (Lipinski definition) is 4. The fraction of sp³-hybridized carbons (Fsp3) is 0.714. The molecule has 0 amide bonds. The minimum Gasteiger partial charge on any atom is -0.310 e. The maximum Gasteiger partial charge on any atom is 0.242 e. The van der Waals surface area contributed by atoms with E-state index in [9.17, 15) is 8.42 Å². The Morgan fingerprint density at radius 3 is 2.43 bits per heavy atom. The Kier molecular flexibility index (Phi) is 7.33. The van der Waals surface area contributed by atoms with Gasteiger partial charge >= 0.3 is 0 Å². The van der Waals surface area contributed by atoms with Gasteiger partial charge in [-0.2, -0.15) is 0 Å². The molecule has 0 radical (unpaired) electrons. The molecular formula is C14H25BrN2O2S2. The lowest BCUT2D eigenvalue weighted by Gasteiger charge is -2.19. The summed E-state index contributed by atoms with van der Waals surface area (Å²) in [6.07, 6.45) is 0.943. The molecule has 2 atom stereocenters. The van der Waals surface area contributed by atoms with Crippen LogP contribution in [0.2, 0.25) is 0 Å². The summed E-state index contributed by atoms with van der Waals surface area (Å²) >= 11 is 4.84. The van der Waals surface area contributed by atoms with Crippen LogP contribution in [0.1, 0.15) is 45.9 Å². The third-order valence-corrected chi connectivity index (χ3v) is 7.33. The van der Waals surface area contributed by atoms with Crippen LogP contribution in [0.4, 0.5) is 0 Å². The van der Waals surface area contributed by atoms with Gasteiger partial charge in [0.25, 0.3) is 0 Å². The predicted molar refractivity (Wildman–Crippen MR) is 93.2 cm³/mol. The van der Waals surface area contributed by atoms with Gasteiger partial charge in [0.1, 0.15) is 4.90 Å². The summed E-state index contributed by atoms with van der Waals surface area (Å²) < 4.78 is 28.4. The third kappa shape index (κ3) is 5.63. The van der Waals surface area contributed by atoms with Gasteiger partial charge in [0, 0.05) is 23.5 Å². The zero-order valence-electron chi connectivity index (χ0n) is 13.2. The molecule has 0 bridgehead atoms. The molecule has 4 nitrogen and oxygen atoms in total. The van der Waals surface area contributed by atoms with Crippen molar-refractivity contribution >= 4 is 37.3 Å². The van der Waals surface area contributed by atoms with Crippen molar-refractivity contribution in [1.82, 2.24) is 10.0 Å². The summed E-state index contributed by atoms with van der Waals surface area (Å²) in [5.41, 5.74) is 0. The molecular weight excluding hydrogens is 372 g/mol. The Hall–Kier alpha value is 0.0500. The Balaban J connectivity index is 2.88. The highest BCUT2D eigenvalue weighted by Crippen LogP contribution is 2.32. The van der Waals surface area contributed by atoms with E-state index in [1.165, 1.54) is 11.3 Å². The van der Waals surface area contributed by atoms with E-state index in [0.717, 1.165) is 11.3 Å². The molecule has 1 aromatic heterocycles. The average Bonchev–Trinajstić information content (AvgIpc) is 2.77. The van der Waals surface area contributed by atoms with Crippen molar-refractivity contribution in [2.45, 2.75) is 64.6 Å². The summed E-state index contributed by atoms with van der Waals surface area (Å²) in [6, 6.07) is 2.04. The quantitative estimate of drug-likeness (QED) is 0.703. The van der Waals surface area contributed by atoms with Gasteiger partial charge in [0.2, 0.25) is 10.0 Å². The first kappa shape index (κ1) is 19.1. The van der Waals surface area contributed by atoms with E-state index in [4.69, 9.17) is 0 Å². The van der Waals surface area contributed by atoms with Gasteiger partial charge in [-0.05, 0) is 34.8 Å². The van der Waals surface area contributed by atoms with Crippen LogP contribution in [0.5, 0.6) is 0 Å². The molecule has 0 spiro atoms. The van der Waals surface area contributed by atoms with Crippen LogP contribution < -0.4 is 10.0 Å². The van der Waals surface area contributed by atoms with E-state index in [1.807, 2.05) is 13.8 Å². The normalized spacial score (nSPS) is 15.4. The highest BCUT2D eigenvalue weighted by molar-refractivity contribution is 9.11. The second-order valence-corrected chi connectivity index (χ2v) is 9.82. The predicted octanol–water partition coefficient (Wildman–Crippen LogP) is 3.72. The number of sulfonamides is 1. The monoisotopic (exact) mass is 396 g/mol. The SMILES string of the molecule is CCC(C)C(C)NS(=O)(=O)c1cc(CNC(C)C)sc1Br. The van der Waals surface area contributed by atoms with E-state index >= 15 is 0 Å². The lowest BCUT2D eigenvalue weighted by atomic mass is 10.0. The number of rotatable bonds is 8. The van der Waals surface area contributed by atoms with Crippen molar-refractivity contribution in [2.24, 2.45) is 5.92 Å². The van der Waals surface area contributed by atoms with Crippen LogP contribution in [0.3, 0.4) is 0 Å². The molecule has 0 aliphatic heterocycles. The van der Waals surface area contributed by atoms with Crippen molar-refractivity contribution in [3.63, 3.8) is 0 Å². The molecule has 21 heavy (non-hydrogen) atoms. The van der Waals surface area contributed by atoms with E-state index in [-0.39, 0.29) is 6.04 Å². The smallest absolute Gasteiger partial charge is 0.242 e. The molecule has 1 aromatic rings. The zero-order chi connectivity index (χ0) is 16.2. The van der Waals surface area contributed by atoms with Crippen LogP contribution in [-0.4, -0.2) is 20.5 Å². The van der Waals surface area contributed by atoms with Gasteiger partial charge in [0.15, 0.2) is 0 Å². The zero-order valence-corrected chi connectivity index (χ0v) is 16.5. The minimum atomic E-state index is -3.48. The second kappa shape index (κ2) is 8.06. The Morgan fingerprint density at radius 2 is 1.90 bits per heavy atom. The van der Waals surface area contributed by atoms with Crippen molar-refractivity contribution < 1.29 is 8.42 Å². The molecule has 2 N–H and O–H groups in total. The molecule has 0 saturated heterocycles. The van der Waals surface area contributed by atoms with Crippen LogP contribution in [0.25, 0.3) is 0 Å². The standard InChI is InChI=1S/C14H25BrN2O2S2/c1-6-10(4)11(5)17-21(18,19)13-7-12(20-14(13)15)8-16-9(2)3/h7,9-11,16-17H,6,8H2,1-5H3. The van der Waals surface area contributed by atoms with Crippen molar-refractivity contribution in [3.8, 4) is 0 Å². The van der Waals surface area contributed by atoms with Gasteiger partial charge in [-0.3, -0.25) is 0 Å². The van der Waals surface area contributed by atoms with E-state index < -0.39 is 10.0 Å². The maximum atomic E-state index is 12.5. The fourth-order valence-electron chi connectivity index (χ4n) is 1.75. The van der Waals surface area contributed by atoms with Gasteiger partial charge in [-0.15, -0.1) is 11.3 Å². The van der Waals surface area contributed by atoms with Crippen LogP contribution >= 0.6 is 27.3 Å². The van der Waals surface area contributed by atoms with Crippen LogP contribution in [0, 0.1) is 5.92 Å². The summed E-state index contributed by atoms with van der Waals surface area (Å²) in [6.45, 7) is 10.8. The van der Waals surface area contributed by atoms with Gasteiger partial charge in [-0.1, -0.05) is 34.1 Å². The van der Waals surface area contributed by atoms with Crippen molar-refractivity contribution in [2.75, 3.05) is 0 Å². The van der Waals surface area contributed by atoms with Crippen molar-refractivity contribution in [1.29, 1.82) is 0 Å². The number of nitrogens with one attached hydrogen (secondary N) is 2. The Morgan fingerprint density at radius 1 is 1.29 bits per heavy atom. The number of halogens is 1. The molecule has 1 heterocycles. The summed E-state index contributed by atoms with van der Waals surface area (Å²) in [5.74, 6) is 0.305. The summed E-state index contributed by atoms with van der Waals surface area (Å²) in [5, 5.41) is 3.30. The first-order chi connectivity index (χ1) is 9.67. The highest BCUT2D eigenvalue weighted by Gasteiger charge is 2.24. The number of thiophene rings is 1. The van der Waals surface area contributed by atoms with E-state index in [1.54, 1.807) is 6.07 Å². The minimum absolute atomic E-state index is 0.0796. The summed E-state index contributed by atoms with van der Waals surface area (Å²) in [4.78, 5) is 1.34. The first-order valence-corrected chi connectivity index (χ1v) is 10.3. The van der Waals surface area contributed by atoms with Crippen LogP contribution in [0.15, 0.2) is 14.7 Å². The highest BCUT2D eigenvalue weighted by atomic mass is 79.9. The molecule has 0 aliphatic carbocycles. The average molecular weight is 397 g/mol. The largest absolute Gasteiger partial charge is 0.310 e. The molecule has 122 valence electrons. The van der Waals surface area contributed by atoms with Gasteiger partial charge in [0.05, 0.1) is 3.79 Å².